The van der Waals surface area contributed by atoms with Gasteiger partial charge in [0.05, 0.1) is 0 Å². The number of aromatic hydroxyl groups is 1. The largest absolute Gasteiger partial charge is 0.508 e. The fourth-order valence-corrected chi connectivity index (χ4v) is 3.01. The van der Waals surface area contributed by atoms with Gasteiger partial charge in [-0.05, 0) is 35.7 Å². The maximum atomic E-state index is 11.8. The summed E-state index contributed by atoms with van der Waals surface area (Å²) in [5.74, 6) is 0.366. The Morgan fingerprint density at radius 2 is 2.09 bits per heavy atom. The number of nitrogens with one attached hydrogen (secondary N) is 1. The van der Waals surface area contributed by atoms with Crippen molar-refractivity contribution in [3.63, 3.8) is 0 Å². The van der Waals surface area contributed by atoms with Crippen LogP contribution in [0.3, 0.4) is 0 Å². The number of carbonyl (C=O) groups is 1. The molecule has 1 unspecified atom stereocenters. The van der Waals surface area contributed by atoms with Crippen molar-refractivity contribution in [2.24, 2.45) is 0 Å². The molecule has 0 radical (unpaired) electrons. The van der Waals surface area contributed by atoms with Crippen LogP contribution in [-0.2, 0) is 11.3 Å². The summed E-state index contributed by atoms with van der Waals surface area (Å²) in [7, 11) is 0. The van der Waals surface area contributed by atoms with Gasteiger partial charge < -0.3 is 15.3 Å². The molecule has 1 atom stereocenters. The molecule has 1 aliphatic rings. The van der Waals surface area contributed by atoms with Crippen molar-refractivity contribution in [2.75, 3.05) is 11.4 Å². The van der Waals surface area contributed by atoms with Crippen LogP contribution in [0, 0.1) is 0 Å². The quantitative estimate of drug-likeness (QED) is 0.915. The van der Waals surface area contributed by atoms with Crippen LogP contribution in [0.5, 0.6) is 5.75 Å². The van der Waals surface area contributed by atoms with Gasteiger partial charge in [0.1, 0.15) is 5.75 Å². The molecule has 2 aromatic carbocycles. The molecular weight excluding hydrogens is 276 g/mol. The summed E-state index contributed by atoms with van der Waals surface area (Å²) in [6.07, 6.45) is 0.884. The van der Waals surface area contributed by atoms with E-state index in [1.54, 1.807) is 19.1 Å². The Hall–Kier alpha value is -2.33. The molecule has 0 aromatic heterocycles. The molecule has 114 valence electrons. The highest BCUT2D eigenvalue weighted by Crippen LogP contribution is 2.33. The van der Waals surface area contributed by atoms with Crippen molar-refractivity contribution in [3.05, 3.63) is 59.7 Å². The molecule has 0 saturated heterocycles. The Labute approximate surface area is 130 Å². The molecule has 0 saturated carbocycles. The summed E-state index contributed by atoms with van der Waals surface area (Å²) in [4.78, 5) is 13.6. The minimum atomic E-state index is 0.0823. The number of benzene rings is 2. The van der Waals surface area contributed by atoms with Gasteiger partial charge in [0.2, 0.25) is 5.91 Å². The van der Waals surface area contributed by atoms with Gasteiger partial charge in [0.15, 0.2) is 0 Å². The zero-order chi connectivity index (χ0) is 15.5. The second-order valence-corrected chi connectivity index (χ2v) is 5.62. The lowest BCUT2D eigenvalue weighted by atomic mass is 9.96. The Morgan fingerprint density at radius 1 is 1.27 bits per heavy atom. The maximum absolute atomic E-state index is 11.8. The number of fused-ring (bicyclic) bond motifs is 1. The van der Waals surface area contributed by atoms with Crippen molar-refractivity contribution in [2.45, 2.75) is 25.9 Å². The van der Waals surface area contributed by atoms with Crippen molar-refractivity contribution < 1.29 is 9.90 Å². The van der Waals surface area contributed by atoms with Crippen LogP contribution in [0.15, 0.2) is 48.5 Å². The van der Waals surface area contributed by atoms with Gasteiger partial charge in [-0.15, -0.1) is 0 Å². The third-order valence-electron chi connectivity index (χ3n) is 4.09. The van der Waals surface area contributed by atoms with Crippen LogP contribution < -0.4 is 10.2 Å². The van der Waals surface area contributed by atoms with E-state index in [-0.39, 0.29) is 17.7 Å². The Balaban J connectivity index is 1.78. The third-order valence-corrected chi connectivity index (χ3v) is 4.09. The van der Waals surface area contributed by atoms with Crippen LogP contribution in [-0.4, -0.2) is 17.6 Å². The molecule has 0 spiro atoms. The first kappa shape index (κ1) is 14.6. The van der Waals surface area contributed by atoms with Gasteiger partial charge in [-0.2, -0.15) is 0 Å². The average Bonchev–Trinajstić information content (AvgIpc) is 2.52. The predicted octanol–water partition coefficient (Wildman–Crippen LogP) is 2.98. The van der Waals surface area contributed by atoms with E-state index in [9.17, 15) is 9.90 Å². The lowest BCUT2D eigenvalue weighted by molar-refractivity contribution is -0.116. The second kappa shape index (κ2) is 6.20. The van der Waals surface area contributed by atoms with Crippen LogP contribution in [0.25, 0.3) is 0 Å². The summed E-state index contributed by atoms with van der Waals surface area (Å²) in [6.45, 7) is 3.02. The Kier molecular flexibility index (Phi) is 4.11. The molecule has 22 heavy (non-hydrogen) atoms. The monoisotopic (exact) mass is 296 g/mol. The summed E-state index contributed by atoms with van der Waals surface area (Å²) >= 11 is 0. The number of phenolic OH excluding ortho intramolecular Hbond substituents is 1. The average molecular weight is 296 g/mol. The number of rotatable bonds is 3. The highest BCUT2D eigenvalue weighted by molar-refractivity contribution is 5.92. The van der Waals surface area contributed by atoms with E-state index in [2.05, 4.69) is 11.4 Å². The molecule has 1 amide bonds. The fourth-order valence-electron chi connectivity index (χ4n) is 3.01. The standard InChI is InChI=1S/C18H20N2O2/c1-13(21)20-10-9-17(16-7-2-3-8-18(16)20)19-12-14-5-4-6-15(22)11-14/h2-8,11,17,19,22H,9-10,12H2,1H3. The Morgan fingerprint density at radius 3 is 2.86 bits per heavy atom. The van der Waals surface area contributed by atoms with E-state index in [1.165, 1.54) is 0 Å². The highest BCUT2D eigenvalue weighted by Gasteiger charge is 2.26. The molecule has 3 rings (SSSR count). The number of hydrogen-bond acceptors (Lipinski definition) is 3. The summed E-state index contributed by atoms with van der Waals surface area (Å²) < 4.78 is 0. The number of amides is 1. The third kappa shape index (κ3) is 2.97. The predicted molar refractivity (Wildman–Crippen MR) is 86.8 cm³/mol. The fraction of sp³-hybridized carbons (Fsp3) is 0.278. The number of hydrogen-bond donors (Lipinski definition) is 2. The van der Waals surface area contributed by atoms with Crippen LogP contribution >= 0.6 is 0 Å². The van der Waals surface area contributed by atoms with Gasteiger partial charge in [0.25, 0.3) is 0 Å². The van der Waals surface area contributed by atoms with Crippen molar-refractivity contribution in [1.82, 2.24) is 5.32 Å². The van der Waals surface area contributed by atoms with E-state index in [0.29, 0.717) is 6.54 Å². The zero-order valence-corrected chi connectivity index (χ0v) is 12.6. The van der Waals surface area contributed by atoms with Gasteiger partial charge in [-0.1, -0.05) is 30.3 Å². The molecule has 4 nitrogen and oxygen atoms in total. The van der Waals surface area contributed by atoms with Gasteiger partial charge in [-0.25, -0.2) is 0 Å². The van der Waals surface area contributed by atoms with E-state index >= 15 is 0 Å². The molecular formula is C18H20N2O2. The minimum absolute atomic E-state index is 0.0823. The summed E-state index contributed by atoms with van der Waals surface area (Å²) in [5, 5.41) is 13.1. The molecule has 1 heterocycles. The lowest BCUT2D eigenvalue weighted by Gasteiger charge is -2.34. The normalized spacial score (nSPS) is 17.1. The van der Waals surface area contributed by atoms with Crippen LogP contribution in [0.1, 0.15) is 30.5 Å². The Bertz CT molecular complexity index is 684. The van der Waals surface area contributed by atoms with Gasteiger partial charge in [-0.3, -0.25) is 4.79 Å². The lowest BCUT2D eigenvalue weighted by Crippen LogP contribution is -2.38. The highest BCUT2D eigenvalue weighted by atomic mass is 16.3. The zero-order valence-electron chi connectivity index (χ0n) is 12.6. The first-order valence-electron chi connectivity index (χ1n) is 7.53. The number of carbonyl (C=O) groups excluding carboxylic acids is 1. The SMILES string of the molecule is CC(=O)N1CCC(NCc2cccc(O)c2)c2ccccc21. The molecule has 0 fully saturated rings. The van der Waals surface area contributed by atoms with Crippen molar-refractivity contribution in [3.8, 4) is 5.75 Å². The summed E-state index contributed by atoms with van der Waals surface area (Å²) in [6, 6.07) is 15.5. The minimum Gasteiger partial charge on any atom is -0.508 e. The molecule has 0 bridgehead atoms. The second-order valence-electron chi connectivity index (χ2n) is 5.62. The molecule has 4 heteroatoms. The molecule has 2 N–H and O–H groups in total. The number of nitrogens with zero attached hydrogens (tertiary/aromatic N) is 1. The van der Waals surface area contributed by atoms with Crippen LogP contribution in [0.4, 0.5) is 5.69 Å². The van der Waals surface area contributed by atoms with E-state index < -0.39 is 0 Å². The van der Waals surface area contributed by atoms with Crippen molar-refractivity contribution in [1.29, 1.82) is 0 Å². The molecule has 1 aliphatic heterocycles. The first-order valence-corrected chi connectivity index (χ1v) is 7.53. The first-order chi connectivity index (χ1) is 10.6. The smallest absolute Gasteiger partial charge is 0.223 e. The van der Waals surface area contributed by atoms with E-state index in [1.807, 2.05) is 35.2 Å². The van der Waals surface area contributed by atoms with Gasteiger partial charge in [0, 0.05) is 31.7 Å². The molecule has 2 aromatic rings. The van der Waals surface area contributed by atoms with Gasteiger partial charge >= 0.3 is 0 Å². The van der Waals surface area contributed by atoms with E-state index in [4.69, 9.17) is 0 Å². The maximum Gasteiger partial charge on any atom is 0.223 e. The molecule has 0 aliphatic carbocycles. The van der Waals surface area contributed by atoms with E-state index in [0.717, 1.165) is 29.8 Å². The van der Waals surface area contributed by atoms with Crippen molar-refractivity contribution >= 4 is 11.6 Å². The number of para-hydroxylation sites is 1. The number of anilines is 1. The van der Waals surface area contributed by atoms with Crippen LogP contribution in [0.2, 0.25) is 0 Å². The summed E-state index contributed by atoms with van der Waals surface area (Å²) in [5.41, 5.74) is 3.20. The number of phenols is 1. The topological polar surface area (TPSA) is 52.6 Å².